The lowest BCUT2D eigenvalue weighted by Gasteiger charge is -2.16. The molecule has 0 bridgehead atoms. The van der Waals surface area contributed by atoms with E-state index in [1.807, 2.05) is 6.92 Å². The van der Waals surface area contributed by atoms with Crippen LogP contribution in [0.25, 0.3) is 6.08 Å². The van der Waals surface area contributed by atoms with Crippen LogP contribution in [0.3, 0.4) is 0 Å². The van der Waals surface area contributed by atoms with Gasteiger partial charge in [-0.2, -0.15) is 0 Å². The zero-order valence-corrected chi connectivity index (χ0v) is 16.1. The summed E-state index contributed by atoms with van der Waals surface area (Å²) in [5, 5.41) is 9.85. The van der Waals surface area contributed by atoms with Gasteiger partial charge < -0.3 is 24.2 Å². The van der Waals surface area contributed by atoms with Crippen molar-refractivity contribution in [2.24, 2.45) is 0 Å². The van der Waals surface area contributed by atoms with Gasteiger partial charge in [0.15, 0.2) is 11.5 Å². The topological polar surface area (TPSA) is 85.3 Å². The second kappa shape index (κ2) is 9.23. The van der Waals surface area contributed by atoms with E-state index in [2.05, 4.69) is 0 Å². The number of hydrogen-bond donors (Lipinski definition) is 1. The van der Waals surface area contributed by atoms with Gasteiger partial charge in [0.25, 0.3) is 5.91 Å². The number of esters is 1. The summed E-state index contributed by atoms with van der Waals surface area (Å²) in [5.74, 6) is -0.514. The quantitative estimate of drug-likeness (QED) is 0.555. The highest BCUT2D eigenvalue weighted by Gasteiger charge is 2.36. The summed E-state index contributed by atoms with van der Waals surface area (Å²) in [6.45, 7) is 6.52. The van der Waals surface area contributed by atoms with Crippen molar-refractivity contribution in [3.8, 4) is 11.5 Å². The summed E-state index contributed by atoms with van der Waals surface area (Å²) in [4.78, 5) is 26.8. The van der Waals surface area contributed by atoms with E-state index in [4.69, 9.17) is 14.2 Å². The molecule has 1 aliphatic rings. The second-order valence-electron chi connectivity index (χ2n) is 5.85. The number of rotatable bonds is 8. The number of benzene rings is 1. The lowest BCUT2D eigenvalue weighted by molar-refractivity contribution is -0.138. The minimum absolute atomic E-state index is 0.0100. The maximum Gasteiger partial charge on any atom is 0.340 e. The van der Waals surface area contributed by atoms with Gasteiger partial charge in [0.1, 0.15) is 0 Å². The Bertz CT molecular complexity index is 781. The van der Waals surface area contributed by atoms with Crippen LogP contribution in [0, 0.1) is 0 Å². The van der Waals surface area contributed by atoms with Crippen LogP contribution in [0.4, 0.5) is 0 Å². The van der Waals surface area contributed by atoms with Crippen LogP contribution in [0.2, 0.25) is 0 Å². The molecule has 7 nitrogen and oxygen atoms in total. The van der Waals surface area contributed by atoms with Gasteiger partial charge in [-0.25, -0.2) is 4.79 Å². The van der Waals surface area contributed by atoms with Crippen LogP contribution in [-0.4, -0.2) is 55.4 Å². The maximum absolute atomic E-state index is 12.9. The Morgan fingerprint density at radius 3 is 2.63 bits per heavy atom. The summed E-state index contributed by atoms with van der Waals surface area (Å²) in [5.41, 5.74) is 1.65. The summed E-state index contributed by atoms with van der Waals surface area (Å²) >= 11 is 0. The van der Waals surface area contributed by atoms with Gasteiger partial charge in [0, 0.05) is 19.4 Å². The number of methoxy groups -OCH3 is 1. The summed E-state index contributed by atoms with van der Waals surface area (Å²) in [6, 6.07) is 4.75. The third kappa shape index (κ3) is 4.49. The van der Waals surface area contributed by atoms with Gasteiger partial charge in [-0.05, 0) is 44.5 Å². The average Bonchev–Trinajstić information content (AvgIpc) is 2.86. The van der Waals surface area contributed by atoms with Crippen LogP contribution in [0.15, 0.2) is 35.0 Å². The molecule has 0 saturated heterocycles. The van der Waals surface area contributed by atoms with Crippen LogP contribution in [0.1, 0.15) is 26.3 Å². The molecule has 1 aromatic carbocycles. The first-order chi connectivity index (χ1) is 12.9. The number of aromatic hydroxyl groups is 1. The molecule has 0 aliphatic carbocycles. The molecule has 146 valence electrons. The molecule has 27 heavy (non-hydrogen) atoms. The van der Waals surface area contributed by atoms with Crippen molar-refractivity contribution in [1.82, 2.24) is 4.90 Å². The van der Waals surface area contributed by atoms with Gasteiger partial charge in [-0.1, -0.05) is 6.07 Å². The number of carbonyl (C=O) groups is 2. The molecule has 1 amide bonds. The molecular formula is C20H25NO6. The molecule has 0 saturated carbocycles. The number of phenolic OH excluding ortho intramolecular Hbond substituents is 1. The van der Waals surface area contributed by atoms with Crippen molar-refractivity contribution in [2.45, 2.75) is 20.8 Å². The SMILES string of the molecule is CCOC(=O)C1=C(C)N(CCOC)C(=O)/C1=C\c1ccc(O)c(OCC)c1. The van der Waals surface area contributed by atoms with Crippen molar-refractivity contribution in [1.29, 1.82) is 0 Å². The van der Waals surface area contributed by atoms with Crippen molar-refractivity contribution < 1.29 is 28.9 Å². The van der Waals surface area contributed by atoms with Gasteiger partial charge in [0.05, 0.1) is 31.0 Å². The monoisotopic (exact) mass is 375 g/mol. The Morgan fingerprint density at radius 2 is 2.00 bits per heavy atom. The van der Waals surface area contributed by atoms with Gasteiger partial charge in [-0.3, -0.25) is 4.79 Å². The molecule has 7 heteroatoms. The molecular weight excluding hydrogens is 350 g/mol. The standard InChI is InChI=1S/C20H25NO6/c1-5-26-17-12-14(7-8-16(17)22)11-15-18(20(24)27-6-2)13(3)21(19(15)23)9-10-25-4/h7-8,11-12,22H,5-6,9-10H2,1-4H3/b15-11-. The molecule has 1 aromatic rings. The molecule has 0 radical (unpaired) electrons. The maximum atomic E-state index is 12.9. The highest BCUT2D eigenvalue weighted by Crippen LogP contribution is 2.33. The second-order valence-corrected chi connectivity index (χ2v) is 5.85. The van der Waals surface area contributed by atoms with E-state index in [0.29, 0.717) is 36.8 Å². The fourth-order valence-corrected chi connectivity index (χ4v) is 2.84. The van der Waals surface area contributed by atoms with Gasteiger partial charge >= 0.3 is 5.97 Å². The molecule has 2 rings (SSSR count). The van der Waals surface area contributed by atoms with Crippen molar-refractivity contribution in [3.05, 3.63) is 40.6 Å². The number of hydrogen-bond acceptors (Lipinski definition) is 6. The molecule has 0 unspecified atom stereocenters. The first-order valence-electron chi connectivity index (χ1n) is 8.81. The van der Waals surface area contributed by atoms with E-state index in [0.717, 1.165) is 0 Å². The van der Waals surface area contributed by atoms with Crippen LogP contribution in [-0.2, 0) is 19.1 Å². The van der Waals surface area contributed by atoms with Crippen molar-refractivity contribution in [3.63, 3.8) is 0 Å². The third-order valence-electron chi connectivity index (χ3n) is 4.10. The summed E-state index contributed by atoms with van der Waals surface area (Å²) in [6.07, 6.45) is 1.60. The van der Waals surface area contributed by atoms with E-state index in [1.165, 1.54) is 11.0 Å². The fraction of sp³-hybridized carbons (Fsp3) is 0.400. The highest BCUT2D eigenvalue weighted by molar-refractivity contribution is 6.16. The summed E-state index contributed by atoms with van der Waals surface area (Å²) in [7, 11) is 1.55. The Kier molecular flexibility index (Phi) is 7.01. The molecule has 0 atom stereocenters. The molecule has 1 N–H and O–H groups in total. The lowest BCUT2D eigenvalue weighted by Crippen LogP contribution is -2.28. The predicted molar refractivity (Wildman–Crippen MR) is 100 cm³/mol. The normalized spacial score (nSPS) is 15.6. The number of nitrogens with zero attached hydrogens (tertiary/aromatic N) is 1. The Balaban J connectivity index is 2.48. The van der Waals surface area contributed by atoms with Gasteiger partial charge in [0.2, 0.25) is 0 Å². The number of allylic oxidation sites excluding steroid dienone is 1. The van der Waals surface area contributed by atoms with E-state index >= 15 is 0 Å². The minimum atomic E-state index is -0.543. The Labute approximate surface area is 158 Å². The molecule has 0 fully saturated rings. The van der Waals surface area contributed by atoms with E-state index < -0.39 is 5.97 Å². The van der Waals surface area contributed by atoms with E-state index in [9.17, 15) is 14.7 Å². The van der Waals surface area contributed by atoms with Crippen LogP contribution >= 0.6 is 0 Å². The van der Waals surface area contributed by atoms with Crippen molar-refractivity contribution >= 4 is 18.0 Å². The minimum Gasteiger partial charge on any atom is -0.504 e. The largest absolute Gasteiger partial charge is 0.504 e. The molecule has 0 spiro atoms. The number of phenols is 1. The zero-order valence-electron chi connectivity index (χ0n) is 16.1. The first kappa shape index (κ1) is 20.5. The smallest absolute Gasteiger partial charge is 0.340 e. The Hall–Kier alpha value is -2.80. The third-order valence-corrected chi connectivity index (χ3v) is 4.10. The van der Waals surface area contributed by atoms with E-state index in [1.54, 1.807) is 39.2 Å². The zero-order chi connectivity index (χ0) is 20.0. The predicted octanol–water partition coefficient (Wildman–Crippen LogP) is 2.50. The van der Waals surface area contributed by atoms with Crippen LogP contribution in [0.5, 0.6) is 11.5 Å². The first-order valence-corrected chi connectivity index (χ1v) is 8.81. The molecule has 0 aromatic heterocycles. The average molecular weight is 375 g/mol. The number of amides is 1. The van der Waals surface area contributed by atoms with Gasteiger partial charge in [-0.15, -0.1) is 0 Å². The molecule has 1 aliphatic heterocycles. The van der Waals surface area contributed by atoms with Crippen LogP contribution < -0.4 is 4.74 Å². The Morgan fingerprint density at radius 1 is 1.26 bits per heavy atom. The van der Waals surface area contributed by atoms with E-state index in [-0.39, 0.29) is 29.4 Å². The van der Waals surface area contributed by atoms with Crippen molar-refractivity contribution in [2.75, 3.05) is 33.5 Å². The fourth-order valence-electron chi connectivity index (χ4n) is 2.84. The lowest BCUT2D eigenvalue weighted by atomic mass is 10.0. The highest BCUT2D eigenvalue weighted by atomic mass is 16.5. The molecule has 1 heterocycles. The summed E-state index contributed by atoms with van der Waals surface area (Å²) < 4.78 is 15.6. The number of ether oxygens (including phenoxy) is 3. The number of carbonyl (C=O) groups excluding carboxylic acids is 2.